The van der Waals surface area contributed by atoms with E-state index in [4.69, 9.17) is 30.0 Å². The number of hydrogen-bond donors (Lipinski definition) is 2. The normalized spacial score (nSPS) is 34.8. The fourth-order valence-corrected chi connectivity index (χ4v) is 14.0. The second-order valence-electron chi connectivity index (χ2n) is 13.1. The lowest BCUT2D eigenvalue weighted by Gasteiger charge is -2.37. The second-order valence-corrected chi connectivity index (χ2v) is 24.5. The number of nitrogens with one attached hydrogen (secondary N) is 2. The Balaban J connectivity index is 1.40. The van der Waals surface area contributed by atoms with Crippen molar-refractivity contribution in [2.75, 3.05) is 6.61 Å². The number of nitrogens with zero attached hydrogens (tertiary/aromatic N) is 2. The summed E-state index contributed by atoms with van der Waals surface area (Å²) in [6.07, 6.45) is 3.65. The summed E-state index contributed by atoms with van der Waals surface area (Å²) in [7, 11) is -2.08. The first-order chi connectivity index (χ1) is 18.5. The first-order valence-corrected chi connectivity index (χ1v) is 20.8. The van der Waals surface area contributed by atoms with Crippen LogP contribution in [0.15, 0.2) is 28.1 Å². The molecule has 1 saturated carbocycles. The number of aromatic amines is 2. The summed E-state index contributed by atoms with van der Waals surface area (Å²) >= 11 is 7.81. The van der Waals surface area contributed by atoms with Gasteiger partial charge in [-0.05, 0) is 69.0 Å². The molecule has 0 spiro atoms. The lowest BCUT2D eigenvalue weighted by Crippen LogP contribution is -2.44. The van der Waals surface area contributed by atoms with Gasteiger partial charge in [-0.1, -0.05) is 44.3 Å². The van der Waals surface area contributed by atoms with Crippen molar-refractivity contribution in [3.8, 4) is 0 Å². The molecule has 10 nitrogen and oxygen atoms in total. The zero-order chi connectivity index (χ0) is 29.3. The lowest BCUT2D eigenvalue weighted by atomic mass is 9.77. The third-order valence-electron chi connectivity index (χ3n) is 9.08. The van der Waals surface area contributed by atoms with Crippen molar-refractivity contribution in [3.63, 3.8) is 0 Å². The molecule has 7 atom stereocenters. The van der Waals surface area contributed by atoms with Crippen LogP contribution in [0.3, 0.4) is 0 Å². The van der Waals surface area contributed by atoms with Gasteiger partial charge in [0.2, 0.25) is 5.69 Å². The number of ether oxygens (including phenoxy) is 1. The number of rotatable bonds is 7. The van der Waals surface area contributed by atoms with Crippen LogP contribution in [0.1, 0.15) is 66.5 Å². The van der Waals surface area contributed by atoms with Gasteiger partial charge in [-0.2, -0.15) is 0 Å². The van der Waals surface area contributed by atoms with Gasteiger partial charge in [0.15, 0.2) is 13.8 Å². The molecule has 4 heterocycles. The van der Waals surface area contributed by atoms with E-state index < -0.39 is 37.6 Å². The standard InChI is InChI=1S/C26H41N4O6PS2Si/c1-15(2)16-9-10-26(6)19(11-16)36-37(38,39-26)35-17-12-20(34-18(17)13-33-40(7,8)25(3,4)5)30-14-27-21-22(30)28-24(32)29-23(21)31/h14,16-20H,1,9-13H2,2-8H3,(H2,28,29,31,32)/t16-,17+,18-,19+,20-,26+,37?/m1/s1. The van der Waals surface area contributed by atoms with Gasteiger partial charge >= 0.3 is 5.69 Å². The highest BCUT2D eigenvalue weighted by Crippen LogP contribution is 2.76. The van der Waals surface area contributed by atoms with Gasteiger partial charge in [0.25, 0.3) is 5.56 Å². The summed E-state index contributed by atoms with van der Waals surface area (Å²) in [5.74, 6) is 0.435. The maximum Gasteiger partial charge on any atom is 0.327 e. The second kappa shape index (κ2) is 10.6. The number of imidazole rings is 1. The van der Waals surface area contributed by atoms with Crippen LogP contribution >= 0.6 is 17.1 Å². The molecule has 14 heteroatoms. The van der Waals surface area contributed by atoms with Crippen molar-refractivity contribution < 1.29 is 18.2 Å². The monoisotopic (exact) mass is 628 g/mol. The Morgan fingerprint density at radius 1 is 1.35 bits per heavy atom. The van der Waals surface area contributed by atoms with Crippen LogP contribution in [0, 0.1) is 5.92 Å². The Hall–Kier alpha value is -1.05. The minimum absolute atomic E-state index is 0.0215. The smallest absolute Gasteiger partial charge is 0.327 e. The molecule has 0 amide bonds. The largest absolute Gasteiger partial charge is 0.414 e. The molecule has 0 bridgehead atoms. The van der Waals surface area contributed by atoms with Gasteiger partial charge in [0.1, 0.15) is 18.0 Å². The molecule has 0 radical (unpaired) electrons. The predicted octanol–water partition coefficient (Wildman–Crippen LogP) is 5.60. The minimum Gasteiger partial charge on any atom is -0.414 e. The van der Waals surface area contributed by atoms with Gasteiger partial charge < -0.3 is 18.2 Å². The summed E-state index contributed by atoms with van der Waals surface area (Å²) in [4.78, 5) is 33.4. The van der Waals surface area contributed by atoms with Gasteiger partial charge in [-0.3, -0.25) is 19.3 Å². The number of H-pyrrole nitrogens is 2. The third-order valence-corrected chi connectivity index (χ3v) is 19.4. The Morgan fingerprint density at radius 3 is 2.75 bits per heavy atom. The summed E-state index contributed by atoms with van der Waals surface area (Å²) in [6, 6.07) is 0. The summed E-state index contributed by atoms with van der Waals surface area (Å²) < 4.78 is 28.0. The molecule has 2 saturated heterocycles. The maximum absolute atomic E-state index is 12.3. The van der Waals surface area contributed by atoms with Gasteiger partial charge in [-0.15, -0.1) is 0 Å². The highest BCUT2D eigenvalue weighted by Gasteiger charge is 2.55. The van der Waals surface area contributed by atoms with Crippen molar-refractivity contribution in [2.45, 2.75) is 108 Å². The van der Waals surface area contributed by atoms with E-state index in [1.54, 1.807) is 15.9 Å². The molecular weight excluding hydrogens is 588 g/mol. The quantitative estimate of drug-likeness (QED) is 0.229. The lowest BCUT2D eigenvalue weighted by molar-refractivity contribution is -0.0371. The van der Waals surface area contributed by atoms with Crippen molar-refractivity contribution in [3.05, 3.63) is 39.3 Å². The summed E-state index contributed by atoms with van der Waals surface area (Å²) in [6.45, 7) is 19.9. The molecule has 3 fully saturated rings. The highest BCUT2D eigenvalue weighted by atomic mass is 32.9. The van der Waals surface area contributed by atoms with E-state index in [9.17, 15) is 9.59 Å². The molecule has 5 rings (SSSR count). The van der Waals surface area contributed by atoms with Gasteiger partial charge in [-0.25, -0.2) is 9.78 Å². The van der Waals surface area contributed by atoms with Gasteiger partial charge in [0, 0.05) is 11.2 Å². The van der Waals surface area contributed by atoms with E-state index in [0.717, 1.165) is 19.3 Å². The van der Waals surface area contributed by atoms with Crippen LogP contribution < -0.4 is 11.2 Å². The van der Waals surface area contributed by atoms with E-state index in [2.05, 4.69) is 69.2 Å². The molecule has 0 aromatic carbocycles. The summed E-state index contributed by atoms with van der Waals surface area (Å²) in [5, 5.41) is 0.0309. The van der Waals surface area contributed by atoms with Crippen LogP contribution in [0.5, 0.6) is 0 Å². The van der Waals surface area contributed by atoms with Crippen molar-refractivity contribution in [2.24, 2.45) is 5.92 Å². The van der Waals surface area contributed by atoms with Crippen LogP contribution in [-0.4, -0.2) is 57.5 Å². The SMILES string of the molecule is C=C(C)[C@@H]1CC[C@]2(C)SP(=S)(O[C@H]3C[C@H](n4cnc5c(=O)[nH]c(=O)[nH]c54)O[C@@H]3CO[Si](C)(C)C(C)(C)C)O[C@H]2C1. The Labute approximate surface area is 245 Å². The van der Waals surface area contributed by atoms with Crippen LogP contribution in [0.4, 0.5) is 0 Å². The van der Waals surface area contributed by atoms with Crippen molar-refractivity contribution in [1.29, 1.82) is 0 Å². The van der Waals surface area contributed by atoms with Crippen LogP contribution in [-0.2, 0) is 30.0 Å². The molecule has 2 aromatic rings. The average Bonchev–Trinajstić information content (AvgIpc) is 3.49. The van der Waals surface area contributed by atoms with E-state index in [0.29, 0.717) is 24.6 Å². The molecule has 3 aliphatic rings. The highest BCUT2D eigenvalue weighted by molar-refractivity contribution is 8.68. The number of fused-ring (bicyclic) bond motifs is 2. The Bertz CT molecular complexity index is 1470. The molecule has 2 aromatic heterocycles. The minimum atomic E-state index is -2.69. The average molecular weight is 629 g/mol. The van der Waals surface area contributed by atoms with Crippen molar-refractivity contribution >= 4 is 48.4 Å². The molecule has 1 unspecified atom stereocenters. The zero-order valence-electron chi connectivity index (χ0n) is 24.3. The number of hydrogen-bond acceptors (Lipinski definition) is 9. The van der Waals surface area contributed by atoms with Crippen LogP contribution in [0.25, 0.3) is 11.2 Å². The predicted molar refractivity (Wildman–Crippen MR) is 165 cm³/mol. The third kappa shape index (κ3) is 5.77. The van der Waals surface area contributed by atoms with E-state index in [-0.39, 0.29) is 27.5 Å². The molecule has 40 heavy (non-hydrogen) atoms. The summed E-state index contributed by atoms with van der Waals surface area (Å²) in [5.41, 5.74) is -2.19. The number of allylic oxidation sites excluding steroid dienone is 1. The maximum atomic E-state index is 12.3. The molecular formula is C26H41N4O6PS2Si. The van der Waals surface area contributed by atoms with Crippen molar-refractivity contribution in [1.82, 2.24) is 19.5 Å². The molecule has 1 aliphatic carbocycles. The fourth-order valence-electron chi connectivity index (χ4n) is 5.41. The van der Waals surface area contributed by atoms with E-state index in [1.165, 1.54) is 11.9 Å². The van der Waals surface area contributed by atoms with Crippen LogP contribution in [0.2, 0.25) is 18.1 Å². The number of aromatic nitrogens is 4. The topological polar surface area (TPSA) is 120 Å². The molecule has 2 aliphatic heterocycles. The molecule has 2 N–H and O–H groups in total. The zero-order valence-corrected chi connectivity index (χ0v) is 27.8. The van der Waals surface area contributed by atoms with E-state index in [1.807, 2.05) is 0 Å². The Morgan fingerprint density at radius 2 is 2.08 bits per heavy atom. The molecule has 222 valence electrons. The first-order valence-electron chi connectivity index (χ1n) is 13.8. The Kier molecular flexibility index (Phi) is 8.05. The van der Waals surface area contributed by atoms with Gasteiger partial charge in [0.05, 0.1) is 25.1 Å². The fraction of sp³-hybridized carbons (Fsp3) is 0.731. The van der Waals surface area contributed by atoms with E-state index >= 15 is 0 Å². The first kappa shape index (κ1) is 30.4.